The molecule has 2 atom stereocenters. The maximum atomic E-state index is 5.99. The summed E-state index contributed by atoms with van der Waals surface area (Å²) in [6.07, 6.45) is 5.23. The maximum Gasteiger partial charge on any atom is 0.0116 e. The second-order valence-electron chi connectivity index (χ2n) is 4.66. The van der Waals surface area contributed by atoms with Crippen LogP contribution in [0.15, 0.2) is 0 Å². The summed E-state index contributed by atoms with van der Waals surface area (Å²) in [4.78, 5) is 2.68. The molecule has 0 amide bonds. The van der Waals surface area contributed by atoms with Crippen molar-refractivity contribution in [1.82, 2.24) is 4.90 Å². The first kappa shape index (κ1) is 12.0. The molecule has 0 spiro atoms. The van der Waals surface area contributed by atoms with Crippen LogP contribution in [0, 0.1) is 0 Å². The zero-order valence-corrected chi connectivity index (χ0v) is 10.2. The first-order valence-electron chi connectivity index (χ1n) is 6.21. The lowest BCUT2D eigenvalue weighted by Crippen LogP contribution is -2.50. The van der Waals surface area contributed by atoms with E-state index in [1.807, 2.05) is 13.8 Å². The molecule has 2 bridgehead atoms. The summed E-state index contributed by atoms with van der Waals surface area (Å²) in [5.41, 5.74) is 5.99. The van der Waals surface area contributed by atoms with Gasteiger partial charge in [-0.1, -0.05) is 13.8 Å². The van der Waals surface area contributed by atoms with E-state index in [2.05, 4.69) is 18.7 Å². The number of hydrogen-bond acceptors (Lipinski definition) is 2. The molecule has 0 aromatic rings. The number of rotatable bonds is 1. The average molecular weight is 198 g/mol. The Kier molecular flexibility index (Phi) is 4.39. The summed E-state index contributed by atoms with van der Waals surface area (Å²) in [6.45, 7) is 8.62. The zero-order chi connectivity index (χ0) is 10.7. The van der Waals surface area contributed by atoms with Crippen molar-refractivity contribution in [2.24, 2.45) is 5.73 Å². The number of fused-ring (bicyclic) bond motifs is 2. The third-order valence-electron chi connectivity index (χ3n) is 3.42. The van der Waals surface area contributed by atoms with E-state index in [1.165, 1.54) is 25.7 Å². The molecule has 2 fully saturated rings. The van der Waals surface area contributed by atoms with Crippen molar-refractivity contribution in [3.05, 3.63) is 0 Å². The Morgan fingerprint density at radius 2 is 1.50 bits per heavy atom. The third-order valence-corrected chi connectivity index (χ3v) is 3.42. The van der Waals surface area contributed by atoms with Crippen LogP contribution in [0.1, 0.15) is 53.4 Å². The van der Waals surface area contributed by atoms with Gasteiger partial charge in [-0.25, -0.2) is 0 Å². The van der Waals surface area contributed by atoms with Crippen molar-refractivity contribution in [3.8, 4) is 0 Å². The molecule has 2 N–H and O–H groups in total. The molecule has 0 aliphatic carbocycles. The highest BCUT2D eigenvalue weighted by Gasteiger charge is 2.40. The number of nitrogens with zero attached hydrogens (tertiary/aromatic N) is 1. The molecule has 2 nitrogen and oxygen atoms in total. The molecule has 84 valence electrons. The predicted molar refractivity (Wildman–Crippen MR) is 62.3 cm³/mol. The number of hydrogen-bond donors (Lipinski definition) is 1. The van der Waals surface area contributed by atoms with Gasteiger partial charge >= 0.3 is 0 Å². The van der Waals surface area contributed by atoms with Gasteiger partial charge in [0.15, 0.2) is 0 Å². The van der Waals surface area contributed by atoms with Crippen LogP contribution in [-0.2, 0) is 0 Å². The zero-order valence-electron chi connectivity index (χ0n) is 10.2. The van der Waals surface area contributed by atoms with Gasteiger partial charge in [-0.2, -0.15) is 0 Å². The van der Waals surface area contributed by atoms with Crippen LogP contribution in [0.2, 0.25) is 0 Å². The standard InChI is InChI=1S/C10H20N2.C2H6/c1-7(2)12-9-3-4-10(12)6-8(11)5-9;1-2/h7-10H,3-6,11H2,1-2H3;1-2H3. The van der Waals surface area contributed by atoms with E-state index in [0.29, 0.717) is 6.04 Å². The van der Waals surface area contributed by atoms with Gasteiger partial charge < -0.3 is 5.73 Å². The molecular formula is C12H26N2. The molecular weight excluding hydrogens is 172 g/mol. The van der Waals surface area contributed by atoms with Crippen LogP contribution in [0.5, 0.6) is 0 Å². The minimum atomic E-state index is 0.484. The van der Waals surface area contributed by atoms with Crippen LogP contribution in [0.3, 0.4) is 0 Å². The molecule has 2 heteroatoms. The Labute approximate surface area is 88.8 Å². The number of nitrogens with two attached hydrogens (primary N) is 1. The summed E-state index contributed by atoms with van der Waals surface area (Å²) >= 11 is 0. The SMILES string of the molecule is CC.CC(C)N1C2CCC1CC(N)C2. The summed E-state index contributed by atoms with van der Waals surface area (Å²) < 4.78 is 0. The molecule has 2 heterocycles. The molecule has 0 radical (unpaired) electrons. The van der Waals surface area contributed by atoms with Gasteiger partial charge in [-0.3, -0.25) is 4.90 Å². The Morgan fingerprint density at radius 1 is 1.07 bits per heavy atom. The van der Waals surface area contributed by atoms with Gasteiger partial charge in [0.1, 0.15) is 0 Å². The number of piperidine rings is 1. The molecule has 0 aromatic heterocycles. The second-order valence-corrected chi connectivity index (χ2v) is 4.66. The van der Waals surface area contributed by atoms with Gasteiger partial charge in [-0.05, 0) is 39.5 Å². The van der Waals surface area contributed by atoms with E-state index in [4.69, 9.17) is 5.73 Å². The van der Waals surface area contributed by atoms with Gasteiger partial charge in [0, 0.05) is 24.2 Å². The minimum Gasteiger partial charge on any atom is -0.328 e. The van der Waals surface area contributed by atoms with E-state index < -0.39 is 0 Å². The Morgan fingerprint density at radius 3 is 1.86 bits per heavy atom. The van der Waals surface area contributed by atoms with Gasteiger partial charge in [0.25, 0.3) is 0 Å². The molecule has 2 unspecified atom stereocenters. The molecule has 2 aliphatic heterocycles. The van der Waals surface area contributed by atoms with Gasteiger partial charge in [0.05, 0.1) is 0 Å². The van der Waals surface area contributed by atoms with Crippen molar-refractivity contribution in [2.45, 2.75) is 77.5 Å². The Balaban J connectivity index is 0.000000461. The molecule has 2 saturated heterocycles. The van der Waals surface area contributed by atoms with Gasteiger partial charge in [-0.15, -0.1) is 0 Å². The van der Waals surface area contributed by atoms with Crippen LogP contribution >= 0.6 is 0 Å². The quantitative estimate of drug-likeness (QED) is 0.701. The van der Waals surface area contributed by atoms with E-state index >= 15 is 0 Å². The largest absolute Gasteiger partial charge is 0.328 e. The lowest BCUT2D eigenvalue weighted by atomic mass is 9.97. The summed E-state index contributed by atoms with van der Waals surface area (Å²) in [5.74, 6) is 0. The average Bonchev–Trinajstić information content (AvgIpc) is 2.43. The van der Waals surface area contributed by atoms with Crippen LogP contribution in [-0.4, -0.2) is 29.1 Å². The van der Waals surface area contributed by atoms with Crippen molar-refractivity contribution in [3.63, 3.8) is 0 Å². The van der Waals surface area contributed by atoms with Crippen LogP contribution in [0.25, 0.3) is 0 Å². The predicted octanol–water partition coefficient (Wildman–Crippen LogP) is 2.38. The highest BCUT2D eigenvalue weighted by atomic mass is 15.2. The lowest BCUT2D eigenvalue weighted by Gasteiger charge is -2.40. The molecule has 0 saturated carbocycles. The normalized spacial score (nSPS) is 36.9. The summed E-state index contributed by atoms with van der Waals surface area (Å²) in [6, 6.07) is 2.81. The van der Waals surface area contributed by atoms with Crippen LogP contribution in [0.4, 0.5) is 0 Å². The summed E-state index contributed by atoms with van der Waals surface area (Å²) in [5, 5.41) is 0. The smallest absolute Gasteiger partial charge is 0.0116 e. The highest BCUT2D eigenvalue weighted by molar-refractivity contribution is 4.97. The fourth-order valence-corrected chi connectivity index (χ4v) is 3.10. The fourth-order valence-electron chi connectivity index (χ4n) is 3.10. The van der Waals surface area contributed by atoms with Crippen molar-refractivity contribution < 1.29 is 0 Å². The fraction of sp³-hybridized carbons (Fsp3) is 1.00. The van der Waals surface area contributed by atoms with Crippen molar-refractivity contribution >= 4 is 0 Å². The lowest BCUT2D eigenvalue weighted by molar-refractivity contribution is 0.0938. The first-order valence-corrected chi connectivity index (χ1v) is 6.21. The molecule has 14 heavy (non-hydrogen) atoms. The van der Waals surface area contributed by atoms with Gasteiger partial charge in [0.2, 0.25) is 0 Å². The highest BCUT2D eigenvalue weighted by Crippen LogP contribution is 2.36. The van der Waals surface area contributed by atoms with E-state index in [0.717, 1.165) is 18.1 Å². The molecule has 2 rings (SSSR count). The van der Waals surface area contributed by atoms with Crippen molar-refractivity contribution in [1.29, 1.82) is 0 Å². The minimum absolute atomic E-state index is 0.484. The first-order chi connectivity index (χ1) is 6.68. The Bertz CT molecular complexity index is 154. The maximum absolute atomic E-state index is 5.99. The van der Waals surface area contributed by atoms with E-state index in [9.17, 15) is 0 Å². The summed E-state index contributed by atoms with van der Waals surface area (Å²) in [7, 11) is 0. The molecule has 2 aliphatic rings. The topological polar surface area (TPSA) is 29.3 Å². The van der Waals surface area contributed by atoms with E-state index in [-0.39, 0.29) is 0 Å². The second kappa shape index (κ2) is 5.13. The van der Waals surface area contributed by atoms with Crippen molar-refractivity contribution in [2.75, 3.05) is 0 Å². The van der Waals surface area contributed by atoms with Crippen LogP contribution < -0.4 is 5.73 Å². The molecule has 0 aromatic carbocycles. The Hall–Kier alpha value is -0.0800. The third kappa shape index (κ3) is 2.29. The monoisotopic (exact) mass is 198 g/mol. The van der Waals surface area contributed by atoms with E-state index in [1.54, 1.807) is 0 Å².